The summed E-state index contributed by atoms with van der Waals surface area (Å²) in [5.74, 6) is 0.540. The Morgan fingerprint density at radius 1 is 1.50 bits per heavy atom. The maximum absolute atomic E-state index is 11.5. The van der Waals surface area contributed by atoms with E-state index in [-0.39, 0.29) is 12.5 Å². The summed E-state index contributed by atoms with van der Waals surface area (Å²) in [4.78, 5) is 11.5. The van der Waals surface area contributed by atoms with Gasteiger partial charge in [-0.25, -0.2) is 0 Å². The lowest BCUT2D eigenvalue weighted by molar-refractivity contribution is -0.123. The minimum Gasteiger partial charge on any atom is -0.477 e. The molecular weight excluding hydrogens is 204 g/mol. The Morgan fingerprint density at radius 3 is 3.00 bits per heavy atom. The second-order valence-electron chi connectivity index (χ2n) is 3.91. The molecule has 1 aromatic rings. The molecule has 1 amide bonds. The fourth-order valence-corrected chi connectivity index (χ4v) is 1.80. The van der Waals surface area contributed by atoms with E-state index in [2.05, 4.69) is 12.2 Å². The minimum absolute atomic E-state index is 0.163. The van der Waals surface area contributed by atoms with Gasteiger partial charge in [0, 0.05) is 6.54 Å². The van der Waals surface area contributed by atoms with Gasteiger partial charge in [-0.15, -0.1) is 0 Å². The van der Waals surface area contributed by atoms with Crippen LogP contribution in [0.4, 0.5) is 5.69 Å². The van der Waals surface area contributed by atoms with Crippen LogP contribution in [0, 0.1) is 0 Å². The molecule has 1 aliphatic heterocycles. The van der Waals surface area contributed by atoms with Crippen LogP contribution < -0.4 is 15.8 Å². The predicted octanol–water partition coefficient (Wildman–Crippen LogP) is 1.30. The van der Waals surface area contributed by atoms with Crippen LogP contribution in [0.3, 0.4) is 0 Å². The zero-order chi connectivity index (χ0) is 11.5. The number of hydrogen-bond acceptors (Lipinski definition) is 3. The van der Waals surface area contributed by atoms with E-state index in [0.29, 0.717) is 5.75 Å². The molecule has 0 bridgehead atoms. The molecule has 1 aromatic carbocycles. The van der Waals surface area contributed by atoms with E-state index in [1.165, 1.54) is 5.56 Å². The summed E-state index contributed by atoms with van der Waals surface area (Å²) in [6.07, 6.45) is 1.52. The fourth-order valence-electron chi connectivity index (χ4n) is 1.80. The number of nitrogens with two attached hydrogens (primary N) is 1. The quantitative estimate of drug-likeness (QED) is 0.807. The van der Waals surface area contributed by atoms with Crippen molar-refractivity contribution in [3.8, 4) is 5.75 Å². The largest absolute Gasteiger partial charge is 0.477 e. The number of amides is 1. The van der Waals surface area contributed by atoms with Crippen molar-refractivity contribution in [1.29, 1.82) is 0 Å². The highest BCUT2D eigenvalue weighted by Gasteiger charge is 2.26. The van der Waals surface area contributed by atoms with Gasteiger partial charge in [0.05, 0.1) is 5.69 Å². The number of aryl methyl sites for hydroxylation is 1. The molecule has 4 heteroatoms. The summed E-state index contributed by atoms with van der Waals surface area (Å²) in [6, 6.07) is 5.87. The molecule has 0 aromatic heterocycles. The molecule has 3 N–H and O–H groups in total. The number of fused-ring (bicyclic) bond motifs is 1. The molecule has 2 rings (SSSR count). The summed E-state index contributed by atoms with van der Waals surface area (Å²) >= 11 is 0. The van der Waals surface area contributed by atoms with Gasteiger partial charge in [-0.2, -0.15) is 0 Å². The van der Waals surface area contributed by atoms with Gasteiger partial charge in [0.15, 0.2) is 6.10 Å². The number of benzene rings is 1. The highest BCUT2D eigenvalue weighted by atomic mass is 16.5. The van der Waals surface area contributed by atoms with Gasteiger partial charge in [-0.05, 0) is 24.1 Å². The lowest BCUT2D eigenvalue weighted by Gasteiger charge is -2.25. The number of carbonyl (C=O) groups is 1. The van der Waals surface area contributed by atoms with Crippen molar-refractivity contribution in [2.75, 3.05) is 11.9 Å². The van der Waals surface area contributed by atoms with Crippen LogP contribution in [0.1, 0.15) is 18.9 Å². The highest BCUT2D eigenvalue weighted by Crippen LogP contribution is 2.30. The van der Waals surface area contributed by atoms with Gasteiger partial charge in [0.2, 0.25) is 0 Å². The molecule has 1 heterocycles. The SMILES string of the molecule is CCCc1ccc2c(c1)NC(=O)C(CN)O2. The molecule has 1 unspecified atom stereocenters. The first-order chi connectivity index (χ1) is 7.74. The standard InChI is InChI=1S/C12H16N2O2/c1-2-3-8-4-5-10-9(6-8)14-12(15)11(7-13)16-10/h4-6,11H,2-3,7,13H2,1H3,(H,14,15). The number of ether oxygens (including phenoxy) is 1. The highest BCUT2D eigenvalue weighted by molar-refractivity contribution is 5.97. The average Bonchev–Trinajstić information content (AvgIpc) is 2.28. The van der Waals surface area contributed by atoms with E-state index in [1.807, 2.05) is 18.2 Å². The molecule has 0 fully saturated rings. The summed E-state index contributed by atoms with van der Waals surface area (Å²) in [5.41, 5.74) is 7.40. The van der Waals surface area contributed by atoms with E-state index in [1.54, 1.807) is 0 Å². The van der Waals surface area contributed by atoms with Gasteiger partial charge < -0.3 is 15.8 Å². The van der Waals surface area contributed by atoms with E-state index >= 15 is 0 Å². The number of hydrogen-bond donors (Lipinski definition) is 2. The summed E-state index contributed by atoms with van der Waals surface area (Å²) < 4.78 is 5.49. The van der Waals surface area contributed by atoms with Crippen LogP contribution >= 0.6 is 0 Å². The van der Waals surface area contributed by atoms with Crippen LogP contribution in [0.2, 0.25) is 0 Å². The van der Waals surface area contributed by atoms with Crippen molar-refractivity contribution in [3.05, 3.63) is 23.8 Å². The first kappa shape index (κ1) is 11.0. The molecule has 4 nitrogen and oxygen atoms in total. The van der Waals surface area contributed by atoms with Crippen molar-refractivity contribution in [2.45, 2.75) is 25.9 Å². The Kier molecular flexibility index (Phi) is 3.10. The maximum Gasteiger partial charge on any atom is 0.266 e. The second-order valence-corrected chi connectivity index (χ2v) is 3.91. The normalized spacial score (nSPS) is 18.6. The molecular formula is C12H16N2O2. The molecule has 0 spiro atoms. The summed E-state index contributed by atoms with van der Waals surface area (Å²) in [5, 5.41) is 2.82. The van der Waals surface area contributed by atoms with Crippen molar-refractivity contribution < 1.29 is 9.53 Å². The van der Waals surface area contributed by atoms with Crippen molar-refractivity contribution >= 4 is 11.6 Å². The Labute approximate surface area is 94.8 Å². The van der Waals surface area contributed by atoms with Crippen LogP contribution in [0.5, 0.6) is 5.75 Å². The van der Waals surface area contributed by atoms with Gasteiger partial charge in [0.1, 0.15) is 5.75 Å². The van der Waals surface area contributed by atoms with E-state index < -0.39 is 6.10 Å². The van der Waals surface area contributed by atoms with Crippen LogP contribution in [0.15, 0.2) is 18.2 Å². The molecule has 1 atom stereocenters. The third-order valence-electron chi connectivity index (χ3n) is 2.62. The van der Waals surface area contributed by atoms with Crippen LogP contribution in [0.25, 0.3) is 0 Å². The van der Waals surface area contributed by atoms with Gasteiger partial charge in [-0.3, -0.25) is 4.79 Å². The minimum atomic E-state index is -0.565. The van der Waals surface area contributed by atoms with Gasteiger partial charge >= 0.3 is 0 Å². The molecule has 86 valence electrons. The Balaban J connectivity index is 2.25. The molecule has 0 saturated carbocycles. The summed E-state index contributed by atoms with van der Waals surface area (Å²) in [7, 11) is 0. The topological polar surface area (TPSA) is 64.4 Å². The maximum atomic E-state index is 11.5. The first-order valence-electron chi connectivity index (χ1n) is 5.55. The van der Waals surface area contributed by atoms with E-state index in [4.69, 9.17) is 10.5 Å². The number of carbonyl (C=O) groups excluding carboxylic acids is 1. The van der Waals surface area contributed by atoms with Gasteiger partial charge in [0.25, 0.3) is 5.91 Å². The molecule has 0 saturated heterocycles. The third-order valence-corrected chi connectivity index (χ3v) is 2.62. The zero-order valence-electron chi connectivity index (χ0n) is 9.32. The lowest BCUT2D eigenvalue weighted by atomic mass is 10.1. The lowest BCUT2D eigenvalue weighted by Crippen LogP contribution is -2.42. The third kappa shape index (κ3) is 2.02. The average molecular weight is 220 g/mol. The molecule has 0 radical (unpaired) electrons. The van der Waals surface area contributed by atoms with Gasteiger partial charge in [-0.1, -0.05) is 19.4 Å². The fraction of sp³-hybridized carbons (Fsp3) is 0.417. The van der Waals surface area contributed by atoms with Crippen LogP contribution in [-0.2, 0) is 11.2 Å². The molecule has 16 heavy (non-hydrogen) atoms. The van der Waals surface area contributed by atoms with E-state index in [9.17, 15) is 4.79 Å². The number of anilines is 1. The zero-order valence-corrected chi connectivity index (χ0v) is 9.32. The second kappa shape index (κ2) is 4.53. The predicted molar refractivity (Wildman–Crippen MR) is 62.5 cm³/mol. The van der Waals surface area contributed by atoms with Crippen molar-refractivity contribution in [3.63, 3.8) is 0 Å². The van der Waals surface area contributed by atoms with E-state index in [0.717, 1.165) is 18.5 Å². The summed E-state index contributed by atoms with van der Waals surface area (Å²) in [6.45, 7) is 2.32. The van der Waals surface area contributed by atoms with Crippen molar-refractivity contribution in [1.82, 2.24) is 0 Å². The Hall–Kier alpha value is -1.55. The monoisotopic (exact) mass is 220 g/mol. The molecule has 1 aliphatic rings. The number of nitrogens with one attached hydrogen (secondary N) is 1. The smallest absolute Gasteiger partial charge is 0.266 e. The van der Waals surface area contributed by atoms with Crippen molar-refractivity contribution in [2.24, 2.45) is 5.73 Å². The Morgan fingerprint density at radius 2 is 2.31 bits per heavy atom. The first-order valence-corrected chi connectivity index (χ1v) is 5.55. The Bertz CT molecular complexity index is 404. The molecule has 0 aliphatic carbocycles. The number of rotatable bonds is 3. The van der Waals surface area contributed by atoms with Crippen LogP contribution in [-0.4, -0.2) is 18.6 Å².